The van der Waals surface area contributed by atoms with Gasteiger partial charge in [-0.3, -0.25) is 14.7 Å². The third-order valence-corrected chi connectivity index (χ3v) is 4.71. The van der Waals surface area contributed by atoms with Crippen molar-refractivity contribution in [3.63, 3.8) is 0 Å². The Morgan fingerprint density at radius 2 is 2.09 bits per heavy atom. The van der Waals surface area contributed by atoms with Crippen LogP contribution in [0.5, 0.6) is 0 Å². The molecule has 22 heavy (non-hydrogen) atoms. The van der Waals surface area contributed by atoms with Crippen molar-refractivity contribution in [3.8, 4) is 0 Å². The molecule has 1 amide bonds. The maximum Gasteiger partial charge on any atom is 0.222 e. The van der Waals surface area contributed by atoms with Crippen molar-refractivity contribution in [1.29, 1.82) is 0 Å². The van der Waals surface area contributed by atoms with E-state index in [0.29, 0.717) is 13.0 Å². The Kier molecular flexibility index (Phi) is 4.74. The topological polar surface area (TPSA) is 56.7 Å². The number of aryl methyl sites for hydroxylation is 1. The number of hydrogen-bond acceptors (Lipinski definition) is 4. The van der Waals surface area contributed by atoms with Crippen molar-refractivity contribution in [3.05, 3.63) is 29.6 Å². The number of β-amino-alcohol motifs (C(OH)–C–C–N with tert-alkyl or cyclic N) is 1. The molecule has 0 unspecified atom stereocenters. The van der Waals surface area contributed by atoms with Gasteiger partial charge in [-0.05, 0) is 31.9 Å². The van der Waals surface area contributed by atoms with E-state index in [2.05, 4.69) is 9.88 Å². The lowest BCUT2D eigenvalue weighted by Gasteiger charge is -2.19. The van der Waals surface area contributed by atoms with Crippen molar-refractivity contribution in [2.75, 3.05) is 26.2 Å². The average Bonchev–Trinajstić information content (AvgIpc) is 3.10. The Morgan fingerprint density at radius 1 is 1.32 bits per heavy atom. The highest BCUT2D eigenvalue weighted by molar-refractivity contribution is 5.76. The quantitative estimate of drug-likeness (QED) is 0.908. The first-order valence-electron chi connectivity index (χ1n) is 8.22. The molecule has 1 aromatic heterocycles. The molecule has 3 rings (SSSR count). The predicted molar refractivity (Wildman–Crippen MR) is 84.2 cm³/mol. The standard InChI is InChI=1S/C17H25N3O2/c1-13-5-4-6-15(18-13)11-19-10-14(16(21)12-19)9-17(22)20-7-2-3-8-20/h4-6,14,16,21H,2-3,7-12H2,1H3/t14-,16-/m0/s1. The molecule has 120 valence electrons. The fraction of sp³-hybridized carbons (Fsp3) is 0.647. The van der Waals surface area contributed by atoms with Crippen molar-refractivity contribution < 1.29 is 9.90 Å². The van der Waals surface area contributed by atoms with Crippen LogP contribution in [0.4, 0.5) is 0 Å². The first-order chi connectivity index (χ1) is 10.6. The Hall–Kier alpha value is -1.46. The molecule has 2 fully saturated rings. The van der Waals surface area contributed by atoms with Crippen LogP contribution < -0.4 is 0 Å². The number of pyridine rings is 1. The average molecular weight is 303 g/mol. The van der Waals surface area contributed by atoms with Crippen LogP contribution in [0.1, 0.15) is 30.7 Å². The van der Waals surface area contributed by atoms with Gasteiger partial charge in [-0.25, -0.2) is 0 Å². The van der Waals surface area contributed by atoms with Crippen LogP contribution in [0.3, 0.4) is 0 Å². The third kappa shape index (κ3) is 3.65. The number of carbonyl (C=O) groups excluding carboxylic acids is 1. The van der Waals surface area contributed by atoms with E-state index in [9.17, 15) is 9.90 Å². The summed E-state index contributed by atoms with van der Waals surface area (Å²) in [6.45, 7) is 5.91. The number of likely N-dealkylation sites (tertiary alicyclic amines) is 2. The summed E-state index contributed by atoms with van der Waals surface area (Å²) in [6.07, 6.45) is 2.30. The molecule has 0 radical (unpaired) electrons. The second-order valence-electron chi connectivity index (χ2n) is 6.58. The number of rotatable bonds is 4. The summed E-state index contributed by atoms with van der Waals surface area (Å²) in [5.74, 6) is 0.259. The SMILES string of the molecule is Cc1cccc(CN2C[C@H](CC(=O)N3CCCC3)[C@@H](O)C2)n1. The van der Waals surface area contributed by atoms with Crippen LogP contribution in [0.25, 0.3) is 0 Å². The molecule has 0 bridgehead atoms. The maximum atomic E-state index is 12.2. The molecule has 5 nitrogen and oxygen atoms in total. The maximum absolute atomic E-state index is 12.2. The highest BCUT2D eigenvalue weighted by atomic mass is 16.3. The van der Waals surface area contributed by atoms with Gasteiger partial charge in [0, 0.05) is 50.8 Å². The molecule has 2 saturated heterocycles. The summed E-state index contributed by atoms with van der Waals surface area (Å²) in [5.41, 5.74) is 2.04. The molecule has 1 aromatic rings. The monoisotopic (exact) mass is 303 g/mol. The van der Waals surface area contributed by atoms with Crippen LogP contribution in [0.15, 0.2) is 18.2 Å². The number of carbonyl (C=O) groups is 1. The van der Waals surface area contributed by atoms with Gasteiger partial charge in [-0.1, -0.05) is 6.07 Å². The first kappa shape index (κ1) is 15.4. The molecule has 5 heteroatoms. The minimum atomic E-state index is -0.406. The lowest BCUT2D eigenvalue weighted by Crippen LogP contribution is -2.32. The highest BCUT2D eigenvalue weighted by Crippen LogP contribution is 2.23. The molecule has 2 aliphatic rings. The Bertz CT molecular complexity index is 528. The number of nitrogens with zero attached hydrogens (tertiary/aromatic N) is 3. The minimum Gasteiger partial charge on any atom is -0.391 e. The van der Waals surface area contributed by atoms with Crippen molar-refractivity contribution in [2.24, 2.45) is 5.92 Å². The van der Waals surface area contributed by atoms with Crippen LogP contribution in [0.2, 0.25) is 0 Å². The van der Waals surface area contributed by atoms with Crippen molar-refractivity contribution in [1.82, 2.24) is 14.8 Å². The number of aromatic nitrogens is 1. The zero-order valence-corrected chi connectivity index (χ0v) is 13.2. The minimum absolute atomic E-state index is 0.0536. The van der Waals surface area contributed by atoms with Gasteiger partial charge in [0.2, 0.25) is 5.91 Å². The summed E-state index contributed by atoms with van der Waals surface area (Å²) in [6, 6.07) is 6.01. The molecular weight excluding hydrogens is 278 g/mol. The van der Waals surface area contributed by atoms with E-state index in [4.69, 9.17) is 0 Å². The van der Waals surface area contributed by atoms with Gasteiger partial charge in [0.1, 0.15) is 0 Å². The van der Waals surface area contributed by atoms with Gasteiger partial charge in [0.05, 0.1) is 11.8 Å². The fourth-order valence-electron chi connectivity index (χ4n) is 3.51. The number of amides is 1. The van der Waals surface area contributed by atoms with E-state index in [-0.39, 0.29) is 11.8 Å². The van der Waals surface area contributed by atoms with E-state index in [1.165, 1.54) is 0 Å². The summed E-state index contributed by atoms with van der Waals surface area (Å²) >= 11 is 0. The zero-order valence-electron chi connectivity index (χ0n) is 13.2. The van der Waals surface area contributed by atoms with E-state index in [0.717, 1.165) is 50.4 Å². The molecule has 3 heterocycles. The largest absolute Gasteiger partial charge is 0.391 e. The normalized spacial score (nSPS) is 25.8. The van der Waals surface area contributed by atoms with Crippen LogP contribution >= 0.6 is 0 Å². The summed E-state index contributed by atoms with van der Waals surface area (Å²) in [5, 5.41) is 10.3. The van der Waals surface area contributed by atoms with Gasteiger partial charge in [0.25, 0.3) is 0 Å². The number of aliphatic hydroxyl groups excluding tert-OH is 1. The fourth-order valence-corrected chi connectivity index (χ4v) is 3.51. The van der Waals surface area contributed by atoms with Gasteiger partial charge in [0.15, 0.2) is 0 Å². The summed E-state index contributed by atoms with van der Waals surface area (Å²) in [4.78, 5) is 20.9. The van der Waals surface area contributed by atoms with Crippen molar-refractivity contribution in [2.45, 2.75) is 38.8 Å². The lowest BCUT2D eigenvalue weighted by molar-refractivity contribution is -0.131. The van der Waals surface area contributed by atoms with Gasteiger partial charge in [-0.15, -0.1) is 0 Å². The smallest absolute Gasteiger partial charge is 0.222 e. The highest BCUT2D eigenvalue weighted by Gasteiger charge is 2.34. The van der Waals surface area contributed by atoms with Crippen LogP contribution in [0, 0.1) is 12.8 Å². The van der Waals surface area contributed by atoms with E-state index >= 15 is 0 Å². The summed E-state index contributed by atoms with van der Waals surface area (Å²) in [7, 11) is 0. The van der Waals surface area contributed by atoms with Gasteiger partial charge < -0.3 is 10.0 Å². The molecule has 0 aliphatic carbocycles. The zero-order chi connectivity index (χ0) is 15.5. The second-order valence-corrected chi connectivity index (χ2v) is 6.58. The first-order valence-corrected chi connectivity index (χ1v) is 8.22. The molecular formula is C17H25N3O2. The van der Waals surface area contributed by atoms with Crippen LogP contribution in [-0.4, -0.2) is 58.1 Å². The van der Waals surface area contributed by atoms with E-state index in [1.54, 1.807) is 0 Å². The summed E-state index contributed by atoms with van der Waals surface area (Å²) < 4.78 is 0. The molecule has 0 aromatic carbocycles. The molecule has 2 atom stereocenters. The van der Waals surface area contributed by atoms with Gasteiger partial charge in [-0.2, -0.15) is 0 Å². The van der Waals surface area contributed by atoms with Crippen LogP contribution in [-0.2, 0) is 11.3 Å². The molecule has 1 N–H and O–H groups in total. The Morgan fingerprint density at radius 3 is 2.82 bits per heavy atom. The number of aliphatic hydroxyl groups is 1. The van der Waals surface area contributed by atoms with E-state index < -0.39 is 6.10 Å². The van der Waals surface area contributed by atoms with E-state index in [1.807, 2.05) is 30.0 Å². The second kappa shape index (κ2) is 6.75. The molecule has 0 saturated carbocycles. The Labute approximate surface area is 131 Å². The predicted octanol–water partition coefficient (Wildman–Crippen LogP) is 1.20. The van der Waals surface area contributed by atoms with Gasteiger partial charge >= 0.3 is 0 Å². The Balaban J connectivity index is 1.54. The molecule has 2 aliphatic heterocycles. The van der Waals surface area contributed by atoms with Crippen molar-refractivity contribution >= 4 is 5.91 Å². The number of hydrogen-bond donors (Lipinski definition) is 1. The molecule has 0 spiro atoms. The third-order valence-electron chi connectivity index (χ3n) is 4.71. The lowest BCUT2D eigenvalue weighted by atomic mass is 10.0.